The standard InChI is InChI=1S/C41H76NO8P/c1-3-5-7-9-11-13-15-17-19-21-23-25-27-29-31-33-40(43)47-37-39(38-49-51(45,46)48-36-35-42)50-41(44)34-32-30-28-26-24-22-20-18-16-14-12-10-8-6-4-2/h9,11-12,14,18,20,39H,3-8,10,13,15-17,19,21-38,42H2,1-2H3,(H,45,46)/b11-9+,14-12+,20-18+/t39-/m1/s1. The van der Waals surface area contributed by atoms with Crippen LogP contribution in [-0.4, -0.2) is 49.3 Å². The molecule has 0 radical (unpaired) electrons. The highest BCUT2D eigenvalue weighted by Crippen LogP contribution is 2.43. The lowest BCUT2D eigenvalue weighted by atomic mass is 10.1. The summed E-state index contributed by atoms with van der Waals surface area (Å²) in [5, 5.41) is 0. The fourth-order valence-electron chi connectivity index (χ4n) is 5.41. The van der Waals surface area contributed by atoms with Crippen molar-refractivity contribution >= 4 is 19.8 Å². The molecule has 0 spiro atoms. The number of ether oxygens (including phenoxy) is 2. The molecule has 0 aromatic carbocycles. The number of phosphoric acid groups is 1. The van der Waals surface area contributed by atoms with Crippen molar-refractivity contribution in [2.24, 2.45) is 5.73 Å². The first-order chi connectivity index (χ1) is 24.8. The monoisotopic (exact) mass is 742 g/mol. The van der Waals surface area contributed by atoms with Gasteiger partial charge in [-0.05, 0) is 64.2 Å². The van der Waals surface area contributed by atoms with Crippen LogP contribution < -0.4 is 5.73 Å². The van der Waals surface area contributed by atoms with E-state index in [1.807, 2.05) is 0 Å². The van der Waals surface area contributed by atoms with Crippen LogP contribution in [0.2, 0.25) is 0 Å². The Bertz CT molecular complexity index is 939. The second-order valence-corrected chi connectivity index (χ2v) is 14.9. The zero-order valence-corrected chi connectivity index (χ0v) is 33.5. The van der Waals surface area contributed by atoms with E-state index in [1.165, 1.54) is 89.9 Å². The molecule has 0 fully saturated rings. The van der Waals surface area contributed by atoms with E-state index in [0.717, 1.165) is 57.8 Å². The summed E-state index contributed by atoms with van der Waals surface area (Å²) in [7, 11) is -4.38. The van der Waals surface area contributed by atoms with Crippen LogP contribution in [0.4, 0.5) is 0 Å². The Balaban J connectivity index is 4.21. The van der Waals surface area contributed by atoms with Crippen molar-refractivity contribution in [3.63, 3.8) is 0 Å². The van der Waals surface area contributed by atoms with E-state index in [2.05, 4.69) is 50.3 Å². The Labute approximate surface area is 312 Å². The van der Waals surface area contributed by atoms with Gasteiger partial charge in [0.05, 0.1) is 13.2 Å². The summed E-state index contributed by atoms with van der Waals surface area (Å²) in [5.74, 6) is -0.847. The highest BCUT2D eigenvalue weighted by molar-refractivity contribution is 7.47. The van der Waals surface area contributed by atoms with E-state index in [-0.39, 0.29) is 38.6 Å². The molecule has 2 atom stereocenters. The smallest absolute Gasteiger partial charge is 0.462 e. The van der Waals surface area contributed by atoms with Crippen LogP contribution in [0.15, 0.2) is 36.5 Å². The molecule has 51 heavy (non-hydrogen) atoms. The van der Waals surface area contributed by atoms with Crippen LogP contribution in [-0.2, 0) is 32.7 Å². The van der Waals surface area contributed by atoms with E-state index in [9.17, 15) is 19.0 Å². The first-order valence-electron chi connectivity index (χ1n) is 20.5. The second kappa shape index (κ2) is 38.0. The van der Waals surface area contributed by atoms with E-state index >= 15 is 0 Å². The molecule has 0 aliphatic carbocycles. The van der Waals surface area contributed by atoms with Crippen molar-refractivity contribution in [2.45, 2.75) is 187 Å². The van der Waals surface area contributed by atoms with Crippen LogP contribution in [0.25, 0.3) is 0 Å². The molecule has 0 aromatic rings. The van der Waals surface area contributed by atoms with Crippen molar-refractivity contribution < 1.29 is 37.6 Å². The summed E-state index contributed by atoms with van der Waals surface area (Å²) in [5.41, 5.74) is 5.34. The number of hydrogen-bond acceptors (Lipinski definition) is 8. The second-order valence-electron chi connectivity index (χ2n) is 13.5. The molecule has 0 saturated carbocycles. The molecule has 0 aliphatic rings. The third kappa shape index (κ3) is 37.8. The van der Waals surface area contributed by atoms with Crippen LogP contribution in [0, 0.1) is 0 Å². The van der Waals surface area contributed by atoms with Gasteiger partial charge >= 0.3 is 19.8 Å². The van der Waals surface area contributed by atoms with Gasteiger partial charge in [0.15, 0.2) is 6.10 Å². The van der Waals surface area contributed by atoms with Gasteiger partial charge in [-0.15, -0.1) is 0 Å². The van der Waals surface area contributed by atoms with Crippen LogP contribution in [0.1, 0.15) is 181 Å². The molecule has 0 heterocycles. The number of nitrogens with two attached hydrogens (primary N) is 1. The largest absolute Gasteiger partial charge is 0.472 e. The molecule has 298 valence electrons. The number of hydrogen-bond donors (Lipinski definition) is 2. The average Bonchev–Trinajstić information content (AvgIpc) is 3.11. The SMILES string of the molecule is CCCC/C=C/CCCCCCCCCCCC(=O)OC[C@H](COP(=O)(O)OCCN)OC(=O)CCCCCCC/C=C/C/C=C/CCCCC. The number of esters is 2. The number of rotatable bonds is 38. The van der Waals surface area contributed by atoms with Crippen molar-refractivity contribution in [3.05, 3.63) is 36.5 Å². The Morgan fingerprint density at radius 1 is 0.588 bits per heavy atom. The zero-order chi connectivity index (χ0) is 37.5. The summed E-state index contributed by atoms with van der Waals surface area (Å²) in [6.45, 7) is 3.65. The van der Waals surface area contributed by atoms with Gasteiger partial charge in [-0.1, -0.05) is 140 Å². The Morgan fingerprint density at radius 3 is 1.57 bits per heavy atom. The zero-order valence-electron chi connectivity index (χ0n) is 32.6. The number of phosphoric ester groups is 1. The van der Waals surface area contributed by atoms with Crippen molar-refractivity contribution in [2.75, 3.05) is 26.4 Å². The first-order valence-corrected chi connectivity index (χ1v) is 22.0. The molecular formula is C41H76NO8P. The summed E-state index contributed by atoms with van der Waals surface area (Å²) in [6, 6.07) is 0. The first kappa shape index (κ1) is 49.2. The number of carbonyl (C=O) groups is 2. The summed E-state index contributed by atoms with van der Waals surface area (Å²) in [6.07, 6.45) is 40.2. The highest BCUT2D eigenvalue weighted by atomic mass is 31.2. The Kier molecular flexibility index (Phi) is 36.7. The maximum Gasteiger partial charge on any atom is 0.472 e. The average molecular weight is 742 g/mol. The normalized spacial score (nSPS) is 13.7. The van der Waals surface area contributed by atoms with E-state index in [1.54, 1.807) is 0 Å². The number of allylic oxidation sites excluding steroid dienone is 6. The quantitative estimate of drug-likeness (QED) is 0.0274. The predicted octanol–water partition coefficient (Wildman–Crippen LogP) is 11.4. The summed E-state index contributed by atoms with van der Waals surface area (Å²) >= 11 is 0. The predicted molar refractivity (Wildman–Crippen MR) is 210 cm³/mol. The summed E-state index contributed by atoms with van der Waals surface area (Å²) < 4.78 is 32.7. The third-order valence-electron chi connectivity index (χ3n) is 8.50. The van der Waals surface area contributed by atoms with Gasteiger partial charge < -0.3 is 20.1 Å². The lowest BCUT2D eigenvalue weighted by molar-refractivity contribution is -0.161. The highest BCUT2D eigenvalue weighted by Gasteiger charge is 2.26. The van der Waals surface area contributed by atoms with Gasteiger partial charge in [-0.25, -0.2) is 4.57 Å². The molecule has 10 heteroatoms. The molecule has 9 nitrogen and oxygen atoms in total. The van der Waals surface area contributed by atoms with Crippen LogP contribution in [0.3, 0.4) is 0 Å². The van der Waals surface area contributed by atoms with E-state index in [0.29, 0.717) is 6.42 Å². The van der Waals surface area contributed by atoms with Gasteiger partial charge in [0.1, 0.15) is 6.61 Å². The lowest BCUT2D eigenvalue weighted by Crippen LogP contribution is -2.29. The van der Waals surface area contributed by atoms with Gasteiger partial charge in [0.25, 0.3) is 0 Å². The van der Waals surface area contributed by atoms with Gasteiger partial charge in [-0.3, -0.25) is 18.6 Å². The molecular weight excluding hydrogens is 665 g/mol. The van der Waals surface area contributed by atoms with Crippen molar-refractivity contribution in [1.82, 2.24) is 0 Å². The fourth-order valence-corrected chi connectivity index (χ4v) is 6.17. The molecule has 3 N–H and O–H groups in total. The lowest BCUT2D eigenvalue weighted by Gasteiger charge is -2.19. The van der Waals surface area contributed by atoms with E-state index < -0.39 is 26.5 Å². The fraction of sp³-hybridized carbons (Fsp3) is 0.805. The van der Waals surface area contributed by atoms with E-state index in [4.69, 9.17) is 24.3 Å². The van der Waals surface area contributed by atoms with Crippen LogP contribution in [0.5, 0.6) is 0 Å². The minimum atomic E-state index is -4.38. The van der Waals surface area contributed by atoms with Gasteiger partial charge in [0, 0.05) is 19.4 Å². The maximum absolute atomic E-state index is 12.5. The molecule has 0 saturated heterocycles. The minimum Gasteiger partial charge on any atom is -0.462 e. The molecule has 0 aromatic heterocycles. The van der Waals surface area contributed by atoms with Crippen molar-refractivity contribution in [1.29, 1.82) is 0 Å². The maximum atomic E-state index is 12.5. The Morgan fingerprint density at radius 2 is 1.04 bits per heavy atom. The van der Waals surface area contributed by atoms with Gasteiger partial charge in [-0.2, -0.15) is 0 Å². The molecule has 0 aliphatic heterocycles. The summed E-state index contributed by atoms with van der Waals surface area (Å²) in [4.78, 5) is 34.8. The van der Waals surface area contributed by atoms with Crippen LogP contribution >= 0.6 is 7.82 Å². The molecule has 1 unspecified atom stereocenters. The number of unbranched alkanes of at least 4 members (excludes halogenated alkanes) is 19. The number of carbonyl (C=O) groups excluding carboxylic acids is 2. The van der Waals surface area contributed by atoms with Gasteiger partial charge in [0.2, 0.25) is 0 Å². The minimum absolute atomic E-state index is 0.0504. The third-order valence-corrected chi connectivity index (χ3v) is 9.48. The molecule has 0 bridgehead atoms. The topological polar surface area (TPSA) is 134 Å². The van der Waals surface area contributed by atoms with Crippen molar-refractivity contribution in [3.8, 4) is 0 Å². The molecule has 0 rings (SSSR count). The Hall–Kier alpha value is -1.77. The molecule has 0 amide bonds.